The van der Waals surface area contributed by atoms with Gasteiger partial charge in [0, 0.05) is 44.5 Å². The number of nitrogens with zero attached hydrogens (tertiary/aromatic N) is 2. The Hall–Kier alpha value is -2.89. The second-order valence-electron chi connectivity index (χ2n) is 6.06. The maximum atomic E-state index is 13.7. The van der Waals surface area contributed by atoms with Crippen molar-refractivity contribution in [2.45, 2.75) is 13.1 Å². The predicted octanol–water partition coefficient (Wildman–Crippen LogP) is 3.21. The SMILES string of the molecule is CN=C(NCc1ccc(N2CC=CC2)cc1)NCc1cc(F)ccc1F. The molecule has 1 heterocycles. The molecule has 2 N–H and O–H groups in total. The summed E-state index contributed by atoms with van der Waals surface area (Å²) in [6, 6.07) is 11.8. The van der Waals surface area contributed by atoms with E-state index in [2.05, 4.69) is 56.9 Å². The number of rotatable bonds is 5. The Balaban J connectivity index is 1.51. The van der Waals surface area contributed by atoms with Crippen molar-refractivity contribution in [3.63, 3.8) is 0 Å². The summed E-state index contributed by atoms with van der Waals surface area (Å²) in [5.41, 5.74) is 2.57. The number of hydrogen-bond acceptors (Lipinski definition) is 2. The van der Waals surface area contributed by atoms with Crippen LogP contribution in [-0.4, -0.2) is 26.1 Å². The van der Waals surface area contributed by atoms with Gasteiger partial charge in [0.2, 0.25) is 0 Å². The van der Waals surface area contributed by atoms with Crippen molar-refractivity contribution in [2.75, 3.05) is 25.0 Å². The van der Waals surface area contributed by atoms with Gasteiger partial charge >= 0.3 is 0 Å². The van der Waals surface area contributed by atoms with Gasteiger partial charge in [-0.05, 0) is 35.9 Å². The molecule has 26 heavy (non-hydrogen) atoms. The quantitative estimate of drug-likeness (QED) is 0.491. The smallest absolute Gasteiger partial charge is 0.191 e. The summed E-state index contributed by atoms with van der Waals surface area (Å²) < 4.78 is 26.9. The summed E-state index contributed by atoms with van der Waals surface area (Å²) in [5.74, 6) is -0.373. The summed E-state index contributed by atoms with van der Waals surface area (Å²) in [4.78, 5) is 6.40. The van der Waals surface area contributed by atoms with Crippen LogP contribution in [0.15, 0.2) is 59.6 Å². The first-order chi connectivity index (χ1) is 12.7. The third-order valence-corrected chi connectivity index (χ3v) is 4.26. The van der Waals surface area contributed by atoms with Gasteiger partial charge in [0.25, 0.3) is 0 Å². The van der Waals surface area contributed by atoms with Crippen molar-refractivity contribution in [1.29, 1.82) is 0 Å². The van der Waals surface area contributed by atoms with Crippen LogP contribution < -0.4 is 15.5 Å². The molecule has 0 aromatic heterocycles. The second kappa shape index (κ2) is 8.47. The zero-order valence-electron chi connectivity index (χ0n) is 14.7. The predicted molar refractivity (Wildman–Crippen MR) is 101 cm³/mol. The highest BCUT2D eigenvalue weighted by molar-refractivity contribution is 5.79. The summed E-state index contributed by atoms with van der Waals surface area (Å²) in [5, 5.41) is 6.17. The van der Waals surface area contributed by atoms with E-state index in [4.69, 9.17) is 0 Å². The average Bonchev–Trinajstić information content (AvgIpc) is 3.20. The molecule has 0 saturated carbocycles. The van der Waals surface area contributed by atoms with Crippen LogP contribution in [-0.2, 0) is 13.1 Å². The molecule has 0 unspecified atom stereocenters. The molecule has 6 heteroatoms. The minimum absolute atomic E-state index is 0.157. The first-order valence-corrected chi connectivity index (χ1v) is 8.53. The van der Waals surface area contributed by atoms with Crippen LogP contribution in [0.5, 0.6) is 0 Å². The Morgan fingerprint density at radius 1 is 1.00 bits per heavy atom. The molecule has 0 atom stereocenters. The van der Waals surface area contributed by atoms with E-state index in [9.17, 15) is 8.78 Å². The first kappa shape index (κ1) is 17.9. The van der Waals surface area contributed by atoms with Gasteiger partial charge in [-0.1, -0.05) is 24.3 Å². The van der Waals surface area contributed by atoms with Crippen LogP contribution in [0.3, 0.4) is 0 Å². The van der Waals surface area contributed by atoms with Gasteiger partial charge in [0.15, 0.2) is 5.96 Å². The van der Waals surface area contributed by atoms with Crippen LogP contribution in [0.25, 0.3) is 0 Å². The highest BCUT2D eigenvalue weighted by atomic mass is 19.1. The molecule has 1 aliphatic rings. The number of halogens is 2. The van der Waals surface area contributed by atoms with Crippen molar-refractivity contribution in [3.8, 4) is 0 Å². The van der Waals surface area contributed by atoms with E-state index in [0.717, 1.165) is 30.8 Å². The average molecular weight is 356 g/mol. The Bertz CT molecular complexity index is 792. The van der Waals surface area contributed by atoms with Gasteiger partial charge in [0.1, 0.15) is 11.6 Å². The third-order valence-electron chi connectivity index (χ3n) is 4.26. The van der Waals surface area contributed by atoms with Crippen LogP contribution in [0.2, 0.25) is 0 Å². The number of nitrogens with one attached hydrogen (secondary N) is 2. The molecule has 1 aliphatic heterocycles. The molecular formula is C20H22F2N4. The molecule has 0 saturated heterocycles. The minimum atomic E-state index is -0.459. The molecule has 2 aromatic carbocycles. The molecular weight excluding hydrogens is 334 g/mol. The largest absolute Gasteiger partial charge is 0.364 e. The van der Waals surface area contributed by atoms with Crippen molar-refractivity contribution in [3.05, 3.63) is 77.4 Å². The molecule has 2 aromatic rings. The van der Waals surface area contributed by atoms with E-state index in [1.807, 2.05) is 0 Å². The number of hydrogen-bond donors (Lipinski definition) is 2. The summed E-state index contributed by atoms with van der Waals surface area (Å²) in [6.45, 7) is 2.64. The Morgan fingerprint density at radius 2 is 1.69 bits per heavy atom. The Labute approximate surface area is 152 Å². The lowest BCUT2D eigenvalue weighted by molar-refractivity contribution is 0.581. The fraction of sp³-hybridized carbons (Fsp3) is 0.250. The number of anilines is 1. The standard InChI is InChI=1S/C20H22F2N4/c1-23-20(25-14-16-12-17(21)6-9-19(16)22)24-13-15-4-7-18(8-5-15)26-10-2-3-11-26/h2-9,12H,10-11,13-14H2,1H3,(H2,23,24,25). The van der Waals surface area contributed by atoms with E-state index < -0.39 is 11.6 Å². The zero-order valence-corrected chi connectivity index (χ0v) is 14.7. The van der Waals surface area contributed by atoms with Crippen molar-refractivity contribution < 1.29 is 8.78 Å². The molecule has 4 nitrogen and oxygen atoms in total. The second-order valence-corrected chi connectivity index (χ2v) is 6.06. The first-order valence-electron chi connectivity index (χ1n) is 8.53. The lowest BCUT2D eigenvalue weighted by atomic mass is 10.2. The molecule has 136 valence electrons. The van der Waals surface area contributed by atoms with Gasteiger partial charge in [-0.25, -0.2) is 8.78 Å². The van der Waals surface area contributed by atoms with Crippen LogP contribution in [0.1, 0.15) is 11.1 Å². The molecule has 3 rings (SSSR count). The van der Waals surface area contributed by atoms with Gasteiger partial charge in [-0.3, -0.25) is 4.99 Å². The highest BCUT2D eigenvalue weighted by Crippen LogP contribution is 2.17. The summed E-state index contributed by atoms with van der Waals surface area (Å²) >= 11 is 0. The normalized spacial score (nSPS) is 14.0. The molecule has 0 spiro atoms. The minimum Gasteiger partial charge on any atom is -0.364 e. The van der Waals surface area contributed by atoms with Crippen LogP contribution >= 0.6 is 0 Å². The topological polar surface area (TPSA) is 39.7 Å². The lowest BCUT2D eigenvalue weighted by Crippen LogP contribution is -2.36. The molecule has 0 fully saturated rings. The Kier molecular flexibility index (Phi) is 5.84. The van der Waals surface area contributed by atoms with Crippen LogP contribution in [0, 0.1) is 11.6 Å². The summed E-state index contributed by atoms with van der Waals surface area (Å²) in [7, 11) is 1.64. The van der Waals surface area contributed by atoms with Gasteiger partial charge < -0.3 is 15.5 Å². The highest BCUT2D eigenvalue weighted by Gasteiger charge is 2.08. The van der Waals surface area contributed by atoms with E-state index >= 15 is 0 Å². The fourth-order valence-electron chi connectivity index (χ4n) is 2.78. The number of benzene rings is 2. The molecule has 0 radical (unpaired) electrons. The van der Waals surface area contributed by atoms with Crippen LogP contribution in [0.4, 0.5) is 14.5 Å². The zero-order chi connectivity index (χ0) is 18.4. The third kappa shape index (κ3) is 4.59. The van der Waals surface area contributed by atoms with E-state index in [1.54, 1.807) is 7.05 Å². The van der Waals surface area contributed by atoms with Crippen molar-refractivity contribution >= 4 is 11.6 Å². The molecule has 0 amide bonds. The van der Waals surface area contributed by atoms with Gasteiger partial charge in [0.05, 0.1) is 0 Å². The van der Waals surface area contributed by atoms with Crippen molar-refractivity contribution in [2.24, 2.45) is 4.99 Å². The summed E-state index contributed by atoms with van der Waals surface area (Å²) in [6.07, 6.45) is 4.32. The van der Waals surface area contributed by atoms with Gasteiger partial charge in [-0.2, -0.15) is 0 Å². The maximum Gasteiger partial charge on any atom is 0.191 e. The Morgan fingerprint density at radius 3 is 2.38 bits per heavy atom. The van der Waals surface area contributed by atoms with E-state index in [0.29, 0.717) is 12.5 Å². The maximum absolute atomic E-state index is 13.7. The number of aliphatic imine (C=N–C) groups is 1. The number of guanidine groups is 1. The fourth-order valence-corrected chi connectivity index (χ4v) is 2.78. The van der Waals surface area contributed by atoms with E-state index in [1.165, 1.54) is 11.8 Å². The monoisotopic (exact) mass is 356 g/mol. The lowest BCUT2D eigenvalue weighted by Gasteiger charge is -2.18. The van der Waals surface area contributed by atoms with E-state index in [-0.39, 0.29) is 12.1 Å². The molecule has 0 aliphatic carbocycles. The molecule has 0 bridgehead atoms. The van der Waals surface area contributed by atoms with Crippen molar-refractivity contribution in [1.82, 2.24) is 10.6 Å². The van der Waals surface area contributed by atoms with Gasteiger partial charge in [-0.15, -0.1) is 0 Å².